The summed E-state index contributed by atoms with van der Waals surface area (Å²) in [6, 6.07) is 0. The van der Waals surface area contributed by atoms with E-state index in [0.29, 0.717) is 6.08 Å². The fourth-order valence-corrected chi connectivity index (χ4v) is 0.650. The third-order valence-corrected chi connectivity index (χ3v) is 0.942. The molecule has 2 nitrogen and oxygen atoms in total. The zero-order valence-corrected chi connectivity index (χ0v) is 5.29. The van der Waals surface area contributed by atoms with Crippen LogP contribution in [0.3, 0.4) is 0 Å². The molecule has 0 aromatic carbocycles. The number of hydrogen-bond donors (Lipinski definition) is 1. The van der Waals surface area contributed by atoms with E-state index in [1.165, 1.54) is 5.32 Å². The number of nitrogens with one attached hydrogen (secondary N) is 1. The fraction of sp³-hybridized carbons (Fsp3) is 0.250. The van der Waals surface area contributed by atoms with Crippen molar-refractivity contribution < 1.29 is 13.2 Å². The van der Waals surface area contributed by atoms with E-state index >= 15 is 0 Å². The third-order valence-electron chi connectivity index (χ3n) is 0.763. The van der Waals surface area contributed by atoms with Crippen molar-refractivity contribution in [2.24, 2.45) is 4.99 Å². The Bertz CT molecular complexity index is 211. The van der Waals surface area contributed by atoms with Crippen LogP contribution in [0.5, 0.6) is 0 Å². The van der Waals surface area contributed by atoms with Crippen molar-refractivity contribution in [3.05, 3.63) is 12.0 Å². The minimum Gasteiger partial charge on any atom is -0.297 e. The Hall–Kier alpha value is -0.710. The summed E-state index contributed by atoms with van der Waals surface area (Å²) in [5.74, 6) is -2.47. The van der Waals surface area contributed by atoms with Crippen LogP contribution in [0.2, 0.25) is 0 Å². The number of allylic oxidation sites excluding steroid dienone is 1. The molecule has 0 amide bonds. The van der Waals surface area contributed by atoms with Gasteiger partial charge in [0.15, 0.2) is 5.95 Å². The number of alkyl halides is 2. The van der Waals surface area contributed by atoms with Gasteiger partial charge in [-0.25, -0.2) is 0 Å². The highest BCUT2D eigenvalue weighted by Gasteiger charge is 2.30. The van der Waals surface area contributed by atoms with Crippen LogP contribution >= 0.6 is 11.6 Å². The van der Waals surface area contributed by atoms with Gasteiger partial charge in [0.05, 0.1) is 0 Å². The lowest BCUT2D eigenvalue weighted by Crippen LogP contribution is -2.34. The molecular formula is C4H2ClF3N2. The van der Waals surface area contributed by atoms with Gasteiger partial charge in [0.1, 0.15) is 0 Å². The quantitative estimate of drug-likeness (QED) is 0.433. The molecule has 1 unspecified atom stereocenters. The van der Waals surface area contributed by atoms with Crippen LogP contribution in [0, 0.1) is 0 Å². The van der Waals surface area contributed by atoms with Crippen LogP contribution in [-0.4, -0.2) is 11.3 Å². The van der Waals surface area contributed by atoms with Crippen molar-refractivity contribution in [1.82, 2.24) is 5.32 Å². The SMILES string of the molecule is FC1=CC(F)=NC(F)(Cl)N1. The van der Waals surface area contributed by atoms with Gasteiger partial charge >= 0.3 is 5.38 Å². The second-order valence-electron chi connectivity index (χ2n) is 1.59. The highest BCUT2D eigenvalue weighted by atomic mass is 35.5. The van der Waals surface area contributed by atoms with E-state index in [2.05, 4.69) is 4.99 Å². The van der Waals surface area contributed by atoms with E-state index in [0.717, 1.165) is 0 Å². The molecule has 0 fully saturated rings. The van der Waals surface area contributed by atoms with E-state index in [1.807, 2.05) is 0 Å². The lowest BCUT2D eigenvalue weighted by atomic mass is 10.5. The normalized spacial score (nSPS) is 32.4. The first kappa shape index (κ1) is 7.40. The minimum atomic E-state index is -2.89. The maximum atomic E-state index is 12.3. The summed E-state index contributed by atoms with van der Waals surface area (Å²) >= 11 is 4.78. The second-order valence-corrected chi connectivity index (χ2v) is 2.09. The molecule has 6 heteroatoms. The molecule has 1 atom stereocenters. The summed E-state index contributed by atoms with van der Waals surface area (Å²) in [6.07, 6.45) is 0.389. The van der Waals surface area contributed by atoms with E-state index in [-0.39, 0.29) is 0 Å². The summed E-state index contributed by atoms with van der Waals surface area (Å²) in [7, 11) is 0. The predicted molar refractivity (Wildman–Crippen MR) is 30.6 cm³/mol. The Morgan fingerprint density at radius 3 is 2.60 bits per heavy atom. The average Bonchev–Trinajstić information content (AvgIpc) is 1.54. The Morgan fingerprint density at radius 1 is 1.60 bits per heavy atom. The first-order valence-electron chi connectivity index (χ1n) is 2.28. The lowest BCUT2D eigenvalue weighted by molar-refractivity contribution is 0.227. The topological polar surface area (TPSA) is 24.4 Å². The zero-order valence-electron chi connectivity index (χ0n) is 4.54. The van der Waals surface area contributed by atoms with Crippen molar-refractivity contribution in [3.63, 3.8) is 0 Å². The van der Waals surface area contributed by atoms with Crippen molar-refractivity contribution >= 4 is 17.6 Å². The second kappa shape index (κ2) is 2.16. The number of nitrogens with zero attached hydrogens (tertiary/aromatic N) is 1. The smallest absolute Gasteiger partial charge is 0.297 e. The Labute approximate surface area is 59.4 Å². The monoisotopic (exact) mass is 170 g/mol. The highest BCUT2D eigenvalue weighted by Crippen LogP contribution is 2.21. The van der Waals surface area contributed by atoms with Crippen LogP contribution in [0.15, 0.2) is 17.0 Å². The van der Waals surface area contributed by atoms with E-state index in [4.69, 9.17) is 11.6 Å². The van der Waals surface area contributed by atoms with Crippen molar-refractivity contribution in [2.75, 3.05) is 0 Å². The highest BCUT2D eigenvalue weighted by molar-refractivity contribution is 6.23. The van der Waals surface area contributed by atoms with Crippen molar-refractivity contribution in [3.8, 4) is 0 Å². The van der Waals surface area contributed by atoms with Gasteiger partial charge in [-0.1, -0.05) is 0 Å². The van der Waals surface area contributed by atoms with E-state index < -0.39 is 17.3 Å². The van der Waals surface area contributed by atoms with Crippen molar-refractivity contribution in [1.29, 1.82) is 0 Å². The summed E-state index contributed by atoms with van der Waals surface area (Å²) < 4.78 is 36.4. The van der Waals surface area contributed by atoms with Crippen LogP contribution < -0.4 is 5.32 Å². The van der Waals surface area contributed by atoms with Gasteiger partial charge in [-0.15, -0.1) is 0 Å². The van der Waals surface area contributed by atoms with Crippen LogP contribution in [0.4, 0.5) is 13.2 Å². The standard InChI is InChI=1S/C4H2ClF3N2/c5-4(8)9-2(6)1-3(7)10-4/h1,9H. The van der Waals surface area contributed by atoms with Crippen LogP contribution in [0.1, 0.15) is 0 Å². The molecule has 0 aliphatic carbocycles. The summed E-state index contributed by atoms with van der Waals surface area (Å²) in [5.41, 5.74) is 0. The van der Waals surface area contributed by atoms with Gasteiger partial charge in [0.25, 0.3) is 0 Å². The number of halogens is 4. The molecule has 56 valence electrons. The molecule has 1 N–H and O–H groups in total. The van der Waals surface area contributed by atoms with Crippen LogP contribution in [-0.2, 0) is 0 Å². The predicted octanol–water partition coefficient (Wildman–Crippen LogP) is 1.59. The molecule has 1 rings (SSSR count). The molecule has 0 saturated heterocycles. The number of hydrogen-bond acceptors (Lipinski definition) is 2. The largest absolute Gasteiger partial charge is 0.360 e. The average molecular weight is 171 g/mol. The Morgan fingerprint density at radius 2 is 2.20 bits per heavy atom. The number of aliphatic imine (C=N–C) groups is 1. The number of rotatable bonds is 0. The summed E-state index contributed by atoms with van der Waals surface area (Å²) in [6.45, 7) is 0. The fourth-order valence-electron chi connectivity index (χ4n) is 0.479. The minimum absolute atomic E-state index is 0.389. The molecule has 1 aliphatic heterocycles. The maximum absolute atomic E-state index is 12.3. The lowest BCUT2D eigenvalue weighted by Gasteiger charge is -2.16. The van der Waals surface area contributed by atoms with E-state index in [1.54, 1.807) is 0 Å². The maximum Gasteiger partial charge on any atom is 0.360 e. The van der Waals surface area contributed by atoms with Gasteiger partial charge in [-0.05, 0) is 11.6 Å². The van der Waals surface area contributed by atoms with Crippen molar-refractivity contribution in [2.45, 2.75) is 5.38 Å². The molecule has 0 aromatic heterocycles. The van der Waals surface area contributed by atoms with E-state index in [9.17, 15) is 13.2 Å². The van der Waals surface area contributed by atoms with Crippen LogP contribution in [0.25, 0.3) is 0 Å². The van der Waals surface area contributed by atoms with Gasteiger partial charge in [0, 0.05) is 6.08 Å². The molecule has 0 radical (unpaired) electrons. The van der Waals surface area contributed by atoms with Gasteiger partial charge in [-0.3, -0.25) is 5.32 Å². The molecule has 1 aliphatic rings. The Kier molecular flexibility index (Phi) is 1.60. The molecular weight excluding hydrogens is 169 g/mol. The van der Waals surface area contributed by atoms with Gasteiger partial charge < -0.3 is 0 Å². The first-order chi connectivity index (χ1) is 4.49. The Balaban J connectivity index is 2.88. The molecule has 0 bridgehead atoms. The first-order valence-corrected chi connectivity index (χ1v) is 2.66. The molecule has 0 spiro atoms. The molecule has 10 heavy (non-hydrogen) atoms. The summed E-state index contributed by atoms with van der Waals surface area (Å²) in [5, 5.41) is -1.43. The molecule has 0 saturated carbocycles. The third kappa shape index (κ3) is 1.63. The van der Waals surface area contributed by atoms with Gasteiger partial charge in [0.2, 0.25) is 5.97 Å². The zero-order chi connectivity index (χ0) is 7.78. The molecule has 0 aromatic rings. The molecule has 1 heterocycles. The summed E-state index contributed by atoms with van der Waals surface area (Å²) in [4.78, 5) is 2.59. The van der Waals surface area contributed by atoms with Gasteiger partial charge in [-0.2, -0.15) is 18.2 Å².